The van der Waals surface area contributed by atoms with E-state index in [-0.39, 0.29) is 18.0 Å². The monoisotopic (exact) mass is 465 g/mol. The van der Waals surface area contributed by atoms with E-state index in [1.54, 1.807) is 24.3 Å². The highest BCUT2D eigenvalue weighted by Crippen LogP contribution is 2.35. The fraction of sp³-hybridized carbons (Fsp3) is 0.208. The fourth-order valence-corrected chi connectivity index (χ4v) is 5.73. The number of thiophene rings is 1. The topological polar surface area (TPSA) is 73.1 Å². The quantitative estimate of drug-likeness (QED) is 0.488. The van der Waals surface area contributed by atoms with Crippen LogP contribution in [-0.4, -0.2) is 15.0 Å². The maximum absolute atomic E-state index is 13.5. The van der Waals surface area contributed by atoms with E-state index >= 15 is 0 Å². The minimum Gasteiger partial charge on any atom is -0.325 e. The Labute approximate surface area is 192 Å². The highest BCUT2D eigenvalue weighted by atomic mass is 35.5. The number of benzene rings is 2. The van der Waals surface area contributed by atoms with Gasteiger partial charge in [0, 0.05) is 15.6 Å². The molecule has 162 valence electrons. The maximum Gasteiger partial charge on any atom is 0.337 e. The molecule has 32 heavy (non-hydrogen) atoms. The smallest absolute Gasteiger partial charge is 0.325 e. The molecule has 0 fully saturated rings. The van der Waals surface area contributed by atoms with Crippen molar-refractivity contribution in [1.82, 2.24) is 9.13 Å². The number of aromatic nitrogens is 2. The van der Waals surface area contributed by atoms with Gasteiger partial charge in [0.05, 0.1) is 11.1 Å². The summed E-state index contributed by atoms with van der Waals surface area (Å²) >= 11 is 7.57. The van der Waals surface area contributed by atoms with Gasteiger partial charge in [-0.25, -0.2) is 9.36 Å². The predicted octanol–water partition coefficient (Wildman–Crippen LogP) is 4.30. The van der Waals surface area contributed by atoms with Crippen LogP contribution < -0.4 is 16.6 Å². The molecule has 1 amide bonds. The van der Waals surface area contributed by atoms with Crippen LogP contribution in [0.2, 0.25) is 5.02 Å². The number of carbonyl (C=O) groups excluding carboxylic acids is 1. The van der Waals surface area contributed by atoms with Crippen molar-refractivity contribution in [3.05, 3.63) is 90.4 Å². The molecule has 8 heteroatoms. The number of hydrogen-bond acceptors (Lipinski definition) is 4. The van der Waals surface area contributed by atoms with Crippen molar-refractivity contribution < 1.29 is 4.79 Å². The second-order valence-electron chi connectivity index (χ2n) is 7.94. The molecule has 2 heterocycles. The normalized spacial score (nSPS) is 12.8. The largest absolute Gasteiger partial charge is 0.337 e. The summed E-state index contributed by atoms with van der Waals surface area (Å²) in [6.07, 6.45) is 2.67. The van der Waals surface area contributed by atoms with Crippen molar-refractivity contribution >= 4 is 44.7 Å². The van der Waals surface area contributed by atoms with Crippen LogP contribution >= 0.6 is 22.9 Å². The molecule has 6 nitrogen and oxygen atoms in total. The van der Waals surface area contributed by atoms with Crippen LogP contribution in [0.1, 0.15) is 22.4 Å². The van der Waals surface area contributed by atoms with E-state index in [4.69, 9.17) is 11.6 Å². The van der Waals surface area contributed by atoms with Crippen molar-refractivity contribution in [1.29, 1.82) is 0 Å². The summed E-state index contributed by atoms with van der Waals surface area (Å²) in [5.74, 6) is -0.331. The molecule has 4 aromatic rings. The van der Waals surface area contributed by atoms with Gasteiger partial charge >= 0.3 is 5.69 Å². The molecule has 0 radical (unpaired) electrons. The van der Waals surface area contributed by atoms with Gasteiger partial charge in [0.15, 0.2) is 0 Å². The second kappa shape index (κ2) is 8.07. The Bertz CT molecular complexity index is 1480. The lowest BCUT2D eigenvalue weighted by Gasteiger charge is -2.13. The molecule has 0 atom stereocenters. The summed E-state index contributed by atoms with van der Waals surface area (Å²) in [5, 5.41) is 3.80. The third kappa shape index (κ3) is 3.57. The van der Waals surface area contributed by atoms with Gasteiger partial charge in [-0.15, -0.1) is 11.3 Å². The van der Waals surface area contributed by atoms with Crippen molar-refractivity contribution in [2.75, 3.05) is 5.32 Å². The fourth-order valence-electron chi connectivity index (χ4n) is 4.17. The predicted molar refractivity (Wildman–Crippen MR) is 129 cm³/mol. The van der Waals surface area contributed by atoms with Crippen LogP contribution in [0.15, 0.2) is 58.1 Å². The maximum atomic E-state index is 13.5. The SMILES string of the molecule is Cc1ccc(NC(=O)Cn2c(=O)n(-c3cccc(Cl)c3)c(=O)c3c4c(sc32)CCC4)cc1. The molecule has 1 aliphatic rings. The van der Waals surface area contributed by atoms with Crippen LogP contribution in [-0.2, 0) is 24.2 Å². The van der Waals surface area contributed by atoms with E-state index in [2.05, 4.69) is 5.32 Å². The number of amides is 1. The summed E-state index contributed by atoms with van der Waals surface area (Å²) in [7, 11) is 0. The minimum atomic E-state index is -0.552. The van der Waals surface area contributed by atoms with Crippen molar-refractivity contribution in [2.24, 2.45) is 0 Å². The van der Waals surface area contributed by atoms with E-state index in [9.17, 15) is 14.4 Å². The zero-order chi connectivity index (χ0) is 22.4. The highest BCUT2D eigenvalue weighted by Gasteiger charge is 2.26. The summed E-state index contributed by atoms with van der Waals surface area (Å²) < 4.78 is 2.53. The Balaban J connectivity index is 1.66. The molecular weight excluding hydrogens is 446 g/mol. The first kappa shape index (κ1) is 20.7. The molecule has 1 aliphatic carbocycles. The third-order valence-electron chi connectivity index (χ3n) is 5.69. The molecule has 0 unspecified atom stereocenters. The molecule has 0 saturated carbocycles. The zero-order valence-electron chi connectivity index (χ0n) is 17.4. The number of aryl methyl sites for hydroxylation is 3. The average Bonchev–Trinajstić information content (AvgIpc) is 3.34. The van der Waals surface area contributed by atoms with Crippen LogP contribution in [0.4, 0.5) is 5.69 Å². The Morgan fingerprint density at radius 2 is 1.91 bits per heavy atom. The van der Waals surface area contributed by atoms with Crippen LogP contribution in [0.25, 0.3) is 15.9 Å². The first-order chi connectivity index (χ1) is 15.4. The molecule has 0 saturated heterocycles. The number of nitrogens with zero attached hydrogens (tertiary/aromatic N) is 2. The van der Waals surface area contributed by atoms with Crippen molar-refractivity contribution in [3.63, 3.8) is 0 Å². The first-order valence-electron chi connectivity index (χ1n) is 10.3. The van der Waals surface area contributed by atoms with Crippen LogP contribution in [0.3, 0.4) is 0 Å². The minimum absolute atomic E-state index is 0.191. The molecule has 5 rings (SSSR count). The van der Waals surface area contributed by atoms with Gasteiger partial charge in [-0.2, -0.15) is 0 Å². The van der Waals surface area contributed by atoms with Gasteiger partial charge in [0.1, 0.15) is 11.4 Å². The number of carbonyl (C=O) groups is 1. The van der Waals surface area contributed by atoms with E-state index in [0.29, 0.717) is 26.6 Å². The Morgan fingerprint density at radius 3 is 2.66 bits per heavy atom. The summed E-state index contributed by atoms with van der Waals surface area (Å²) in [4.78, 5) is 41.5. The number of hydrogen-bond donors (Lipinski definition) is 1. The van der Waals surface area contributed by atoms with Gasteiger partial charge in [-0.3, -0.25) is 14.2 Å². The van der Waals surface area contributed by atoms with Crippen molar-refractivity contribution in [3.8, 4) is 5.69 Å². The van der Waals surface area contributed by atoms with E-state index in [1.807, 2.05) is 31.2 Å². The average molecular weight is 466 g/mol. The summed E-state index contributed by atoms with van der Waals surface area (Å²) in [6.45, 7) is 1.78. The molecule has 1 N–H and O–H groups in total. The number of fused-ring (bicyclic) bond motifs is 3. The van der Waals surface area contributed by atoms with E-state index in [0.717, 1.165) is 39.8 Å². The summed E-state index contributed by atoms with van der Waals surface area (Å²) in [5.41, 5.74) is 2.22. The zero-order valence-corrected chi connectivity index (χ0v) is 18.9. The lowest BCUT2D eigenvalue weighted by Crippen LogP contribution is -2.40. The molecule has 0 aliphatic heterocycles. The van der Waals surface area contributed by atoms with Gasteiger partial charge in [0.2, 0.25) is 5.91 Å². The number of rotatable bonds is 4. The molecule has 0 spiro atoms. The van der Waals surface area contributed by atoms with Crippen LogP contribution in [0.5, 0.6) is 0 Å². The number of nitrogens with one attached hydrogen (secondary N) is 1. The van der Waals surface area contributed by atoms with Gasteiger partial charge in [-0.1, -0.05) is 35.4 Å². The van der Waals surface area contributed by atoms with Gasteiger partial charge < -0.3 is 5.32 Å². The lowest BCUT2D eigenvalue weighted by molar-refractivity contribution is -0.116. The van der Waals surface area contributed by atoms with Gasteiger partial charge in [0.25, 0.3) is 5.56 Å². The molecule has 2 aromatic heterocycles. The molecular formula is C24H20ClN3O3S. The Hall–Kier alpha value is -3.16. The van der Waals surface area contributed by atoms with Crippen molar-refractivity contribution in [2.45, 2.75) is 32.7 Å². The standard InChI is InChI=1S/C24H20ClN3O3S/c1-14-8-10-16(11-9-14)26-20(29)13-27-23-21(18-6-3-7-19(18)32-23)22(30)28(24(27)31)17-5-2-4-15(25)12-17/h2,4-5,8-12H,3,6-7,13H2,1H3,(H,26,29). The lowest BCUT2D eigenvalue weighted by atomic mass is 10.2. The van der Waals surface area contributed by atoms with Crippen LogP contribution in [0, 0.1) is 6.92 Å². The number of anilines is 1. The number of halogens is 1. The Morgan fingerprint density at radius 1 is 1.12 bits per heavy atom. The van der Waals surface area contributed by atoms with Gasteiger partial charge in [-0.05, 0) is 62.1 Å². The van der Waals surface area contributed by atoms with E-state index in [1.165, 1.54) is 15.9 Å². The summed E-state index contributed by atoms with van der Waals surface area (Å²) in [6, 6.07) is 14.1. The Kier molecular flexibility index (Phi) is 5.23. The highest BCUT2D eigenvalue weighted by molar-refractivity contribution is 7.19. The second-order valence-corrected chi connectivity index (χ2v) is 9.46. The third-order valence-corrected chi connectivity index (χ3v) is 7.24. The molecule has 2 aromatic carbocycles. The first-order valence-corrected chi connectivity index (χ1v) is 11.5. The molecule has 0 bridgehead atoms. The van der Waals surface area contributed by atoms with E-state index < -0.39 is 5.69 Å².